The van der Waals surface area contributed by atoms with Crippen molar-refractivity contribution >= 4 is 11.8 Å². The zero-order valence-electron chi connectivity index (χ0n) is 20.4. The van der Waals surface area contributed by atoms with E-state index < -0.39 is 17.3 Å². The van der Waals surface area contributed by atoms with Crippen molar-refractivity contribution in [1.82, 2.24) is 15.0 Å². The fourth-order valence-corrected chi connectivity index (χ4v) is 4.28. The maximum Gasteiger partial charge on any atom is 0.427 e. The van der Waals surface area contributed by atoms with E-state index in [1.165, 1.54) is 23.9 Å². The van der Waals surface area contributed by atoms with E-state index in [9.17, 15) is 14.4 Å². The smallest absolute Gasteiger partial charge is 0.427 e. The SMILES string of the molecule is COC(=O)NN=C1CCc2cc(-c3cc(-n4ccc(=O)[nH]c4=O)cc(C(C)(C)C)c3OC)ccc21. The number of carbonyl (C=O) groups excluding carboxylic acids is 1. The molecule has 0 unspecified atom stereocenters. The second-order valence-corrected chi connectivity index (χ2v) is 9.34. The van der Waals surface area contributed by atoms with Crippen LogP contribution in [0.25, 0.3) is 16.8 Å². The summed E-state index contributed by atoms with van der Waals surface area (Å²) in [7, 11) is 2.93. The van der Waals surface area contributed by atoms with Crippen LogP contribution in [0.1, 0.15) is 43.9 Å². The van der Waals surface area contributed by atoms with Gasteiger partial charge >= 0.3 is 11.8 Å². The van der Waals surface area contributed by atoms with Gasteiger partial charge in [-0.3, -0.25) is 14.3 Å². The van der Waals surface area contributed by atoms with Crippen molar-refractivity contribution in [2.45, 2.75) is 39.0 Å². The highest BCUT2D eigenvalue weighted by Crippen LogP contribution is 2.42. The van der Waals surface area contributed by atoms with E-state index in [1.807, 2.05) is 24.3 Å². The van der Waals surface area contributed by atoms with Crippen molar-refractivity contribution in [3.8, 4) is 22.6 Å². The van der Waals surface area contributed by atoms with Crippen LogP contribution in [-0.2, 0) is 16.6 Å². The number of hydrogen-bond acceptors (Lipinski definition) is 6. The van der Waals surface area contributed by atoms with Gasteiger partial charge in [0, 0.05) is 29.0 Å². The molecule has 0 saturated heterocycles. The first kappa shape index (κ1) is 24.0. The van der Waals surface area contributed by atoms with Crippen molar-refractivity contribution in [1.29, 1.82) is 0 Å². The van der Waals surface area contributed by atoms with E-state index in [-0.39, 0.29) is 5.41 Å². The van der Waals surface area contributed by atoms with Gasteiger partial charge in [0.1, 0.15) is 5.75 Å². The maximum absolute atomic E-state index is 12.5. The van der Waals surface area contributed by atoms with Crippen molar-refractivity contribution in [2.24, 2.45) is 5.10 Å². The summed E-state index contributed by atoms with van der Waals surface area (Å²) in [4.78, 5) is 37.9. The first-order valence-electron chi connectivity index (χ1n) is 11.2. The number of fused-ring (bicyclic) bond motifs is 1. The highest BCUT2D eigenvalue weighted by Gasteiger charge is 2.25. The lowest BCUT2D eigenvalue weighted by Crippen LogP contribution is -2.27. The molecule has 2 aromatic carbocycles. The molecule has 1 aromatic heterocycles. The second kappa shape index (κ2) is 9.25. The molecular weight excluding hydrogens is 448 g/mol. The molecular formula is C26H28N4O5. The lowest BCUT2D eigenvalue weighted by atomic mass is 9.83. The Labute approximate surface area is 202 Å². The van der Waals surface area contributed by atoms with Crippen LogP contribution in [-0.4, -0.2) is 35.6 Å². The molecule has 0 fully saturated rings. The molecule has 1 heterocycles. The van der Waals surface area contributed by atoms with Gasteiger partial charge in [-0.1, -0.05) is 39.0 Å². The Balaban J connectivity index is 1.87. The number of aryl methyl sites for hydroxylation is 1. The van der Waals surface area contributed by atoms with Gasteiger partial charge in [0.25, 0.3) is 5.56 Å². The van der Waals surface area contributed by atoms with Crippen LogP contribution in [0.2, 0.25) is 0 Å². The zero-order valence-corrected chi connectivity index (χ0v) is 20.4. The number of H-pyrrole nitrogens is 1. The summed E-state index contributed by atoms with van der Waals surface area (Å²) < 4.78 is 11.9. The van der Waals surface area contributed by atoms with Crippen LogP contribution >= 0.6 is 0 Å². The number of benzene rings is 2. The van der Waals surface area contributed by atoms with Crippen molar-refractivity contribution in [2.75, 3.05) is 14.2 Å². The minimum Gasteiger partial charge on any atom is -0.496 e. The predicted octanol–water partition coefficient (Wildman–Crippen LogP) is 3.51. The van der Waals surface area contributed by atoms with Gasteiger partial charge in [0.2, 0.25) is 0 Å². The molecule has 0 saturated carbocycles. The van der Waals surface area contributed by atoms with Gasteiger partial charge < -0.3 is 9.47 Å². The monoisotopic (exact) mass is 476 g/mol. The quantitative estimate of drug-likeness (QED) is 0.560. The average Bonchev–Trinajstić information content (AvgIpc) is 3.23. The summed E-state index contributed by atoms with van der Waals surface area (Å²) in [5.74, 6) is 0.720. The standard InChI is InChI=1S/C26H28N4O5/c1-26(2,3)20-14-17(30-11-10-22(31)27-24(30)32)13-19(23(20)34-4)16-6-8-18-15(12-16)7-9-21(18)28-29-25(33)35-5/h6,8,10-14H,7,9H2,1-5H3,(H,29,33)(H,27,31,32). The highest BCUT2D eigenvalue weighted by molar-refractivity contribution is 6.05. The molecule has 1 aliphatic rings. The molecule has 2 N–H and O–H groups in total. The predicted molar refractivity (Wildman–Crippen MR) is 134 cm³/mol. The first-order chi connectivity index (χ1) is 16.6. The Morgan fingerprint density at radius 2 is 1.83 bits per heavy atom. The Morgan fingerprint density at radius 1 is 1.06 bits per heavy atom. The number of nitrogens with one attached hydrogen (secondary N) is 2. The summed E-state index contributed by atoms with van der Waals surface area (Å²) >= 11 is 0. The number of hydrazone groups is 1. The van der Waals surface area contributed by atoms with Crippen LogP contribution in [0.3, 0.4) is 0 Å². The van der Waals surface area contributed by atoms with E-state index in [2.05, 4.69) is 47.1 Å². The molecule has 182 valence electrons. The third kappa shape index (κ3) is 4.75. The molecule has 0 spiro atoms. The molecule has 0 radical (unpaired) electrons. The van der Waals surface area contributed by atoms with Gasteiger partial charge in [0.05, 0.1) is 25.6 Å². The normalized spacial score (nSPS) is 14.0. The lowest BCUT2D eigenvalue weighted by molar-refractivity contribution is 0.171. The molecule has 0 atom stereocenters. The van der Waals surface area contributed by atoms with Gasteiger partial charge in [0.15, 0.2) is 0 Å². The van der Waals surface area contributed by atoms with E-state index in [1.54, 1.807) is 7.11 Å². The minimum absolute atomic E-state index is 0.280. The third-order valence-electron chi connectivity index (χ3n) is 6.01. The summed E-state index contributed by atoms with van der Waals surface area (Å²) in [5, 5.41) is 4.19. The Hall–Kier alpha value is -4.14. The number of rotatable bonds is 4. The fraction of sp³-hybridized carbons (Fsp3) is 0.308. The van der Waals surface area contributed by atoms with Gasteiger partial charge in [-0.25, -0.2) is 15.0 Å². The molecule has 0 bridgehead atoms. The first-order valence-corrected chi connectivity index (χ1v) is 11.2. The maximum atomic E-state index is 12.5. The summed E-state index contributed by atoms with van der Waals surface area (Å²) in [6.45, 7) is 6.23. The van der Waals surface area contributed by atoms with Crippen LogP contribution in [0.4, 0.5) is 4.79 Å². The van der Waals surface area contributed by atoms with E-state index in [4.69, 9.17) is 4.74 Å². The van der Waals surface area contributed by atoms with Crippen LogP contribution in [0.5, 0.6) is 5.75 Å². The molecule has 0 aliphatic heterocycles. The van der Waals surface area contributed by atoms with Crippen LogP contribution in [0.15, 0.2) is 57.3 Å². The molecule has 1 aliphatic carbocycles. The molecule has 4 rings (SSSR count). The summed E-state index contributed by atoms with van der Waals surface area (Å²) in [5.41, 5.74) is 7.29. The number of aromatic nitrogens is 2. The number of methoxy groups -OCH3 is 2. The number of hydrogen-bond donors (Lipinski definition) is 2. The van der Waals surface area contributed by atoms with Crippen molar-refractivity contribution in [3.63, 3.8) is 0 Å². The molecule has 9 heteroatoms. The van der Waals surface area contributed by atoms with Crippen molar-refractivity contribution in [3.05, 3.63) is 80.1 Å². The zero-order chi connectivity index (χ0) is 25.3. The largest absolute Gasteiger partial charge is 0.496 e. The molecule has 35 heavy (non-hydrogen) atoms. The van der Waals surface area contributed by atoms with Gasteiger partial charge in [-0.2, -0.15) is 5.10 Å². The Bertz CT molecular complexity index is 1440. The number of aromatic amines is 1. The van der Waals surface area contributed by atoms with E-state index >= 15 is 0 Å². The number of nitrogens with zero attached hydrogens (tertiary/aromatic N) is 2. The molecule has 1 amide bonds. The lowest BCUT2D eigenvalue weighted by Gasteiger charge is -2.26. The summed E-state index contributed by atoms with van der Waals surface area (Å²) in [6, 6.07) is 11.2. The summed E-state index contributed by atoms with van der Waals surface area (Å²) in [6.07, 6.45) is 2.33. The van der Waals surface area contributed by atoms with Gasteiger partial charge in [-0.15, -0.1) is 0 Å². The number of ether oxygens (including phenoxy) is 2. The average molecular weight is 477 g/mol. The van der Waals surface area contributed by atoms with Crippen LogP contribution < -0.4 is 21.4 Å². The Kier molecular flexibility index (Phi) is 6.34. The fourth-order valence-electron chi connectivity index (χ4n) is 4.28. The second-order valence-electron chi connectivity index (χ2n) is 9.34. The van der Waals surface area contributed by atoms with E-state index in [0.29, 0.717) is 12.1 Å². The minimum atomic E-state index is -0.615. The van der Waals surface area contributed by atoms with Crippen LogP contribution in [0, 0.1) is 0 Å². The van der Waals surface area contributed by atoms with Crippen molar-refractivity contribution < 1.29 is 14.3 Å². The molecule has 9 nitrogen and oxygen atoms in total. The highest BCUT2D eigenvalue weighted by atomic mass is 16.5. The number of amides is 1. The van der Waals surface area contributed by atoms with E-state index in [0.717, 1.165) is 45.7 Å². The Morgan fingerprint density at radius 3 is 2.49 bits per heavy atom. The molecule has 3 aromatic rings. The topological polar surface area (TPSA) is 115 Å². The third-order valence-corrected chi connectivity index (χ3v) is 6.01. The number of carbonyl (C=O) groups is 1. The van der Waals surface area contributed by atoms with Gasteiger partial charge in [-0.05, 0) is 41.5 Å².